The fraction of sp³-hybridized carbons (Fsp3) is 0.895. The van der Waals surface area contributed by atoms with Crippen LogP contribution in [0, 0.1) is 0 Å². The van der Waals surface area contributed by atoms with Crippen molar-refractivity contribution in [3.63, 3.8) is 0 Å². The van der Waals surface area contributed by atoms with E-state index in [1.54, 1.807) is 0 Å². The minimum atomic E-state index is -1.83. The number of fused-ring (bicyclic) bond motifs is 1. The second kappa shape index (κ2) is 7.31. The van der Waals surface area contributed by atoms with E-state index < -0.39 is 32.3 Å². The molecular formula is C19H34O7Si. The van der Waals surface area contributed by atoms with E-state index in [2.05, 4.69) is 26.6 Å². The van der Waals surface area contributed by atoms with Gasteiger partial charge in [0.05, 0.1) is 6.61 Å². The molecule has 3 rings (SSSR count). The Labute approximate surface area is 163 Å². The van der Waals surface area contributed by atoms with Gasteiger partial charge in [0.1, 0.15) is 12.2 Å². The molecule has 0 aromatic carbocycles. The maximum absolute atomic E-state index is 6.34. The van der Waals surface area contributed by atoms with Crippen LogP contribution < -0.4 is 0 Å². The van der Waals surface area contributed by atoms with E-state index >= 15 is 0 Å². The van der Waals surface area contributed by atoms with Crippen molar-refractivity contribution in [3.8, 4) is 0 Å². The smallest absolute Gasteiger partial charge is 0.261 e. The zero-order valence-corrected chi connectivity index (χ0v) is 18.7. The summed E-state index contributed by atoms with van der Waals surface area (Å²) in [7, 11) is -1.83. The molecule has 0 radical (unpaired) electrons. The number of hydrogen-bond donors (Lipinski definition) is 0. The van der Waals surface area contributed by atoms with Crippen molar-refractivity contribution in [3.05, 3.63) is 12.0 Å². The quantitative estimate of drug-likeness (QED) is 0.498. The van der Waals surface area contributed by atoms with E-state index in [-0.39, 0.29) is 18.3 Å². The summed E-state index contributed by atoms with van der Waals surface area (Å²) >= 11 is 0. The molecule has 0 saturated carbocycles. The van der Waals surface area contributed by atoms with E-state index in [0.29, 0.717) is 12.6 Å². The molecule has 8 heteroatoms. The van der Waals surface area contributed by atoms with Crippen molar-refractivity contribution in [2.24, 2.45) is 0 Å². The Kier molecular flexibility index (Phi) is 5.71. The fourth-order valence-electron chi connectivity index (χ4n) is 3.53. The second-order valence-corrected chi connectivity index (χ2v) is 13.6. The molecule has 0 amide bonds. The van der Waals surface area contributed by atoms with E-state index in [4.69, 9.17) is 32.8 Å². The number of ether oxygens (including phenoxy) is 6. The van der Waals surface area contributed by atoms with Gasteiger partial charge in [0.2, 0.25) is 8.32 Å². The highest BCUT2D eigenvalue weighted by Crippen LogP contribution is 2.42. The van der Waals surface area contributed by atoms with Gasteiger partial charge >= 0.3 is 0 Å². The number of rotatable bonds is 6. The van der Waals surface area contributed by atoms with Gasteiger partial charge in [0.15, 0.2) is 30.1 Å². The van der Waals surface area contributed by atoms with Crippen molar-refractivity contribution in [1.82, 2.24) is 0 Å². The first-order valence-electron chi connectivity index (χ1n) is 9.78. The third-order valence-corrected chi connectivity index (χ3v) is 5.27. The van der Waals surface area contributed by atoms with Gasteiger partial charge in [-0.05, 0) is 59.8 Å². The summed E-state index contributed by atoms with van der Waals surface area (Å²) in [6.07, 6.45) is 0.863. The molecular weight excluding hydrogens is 368 g/mol. The average molecular weight is 403 g/mol. The van der Waals surface area contributed by atoms with Crippen LogP contribution in [-0.2, 0) is 32.8 Å². The Bertz CT molecular complexity index is 569. The lowest BCUT2D eigenvalue weighted by molar-refractivity contribution is -0.235. The molecule has 3 aliphatic rings. The maximum Gasteiger partial charge on any atom is 0.261 e. The number of hydrogen-bond acceptors (Lipinski definition) is 7. The summed E-state index contributed by atoms with van der Waals surface area (Å²) in [5.74, 6) is -0.834. The Balaban J connectivity index is 1.81. The predicted molar refractivity (Wildman–Crippen MR) is 101 cm³/mol. The highest BCUT2D eigenvalue weighted by molar-refractivity contribution is 6.69. The van der Waals surface area contributed by atoms with Gasteiger partial charge < -0.3 is 32.8 Å². The Morgan fingerprint density at radius 1 is 1.04 bits per heavy atom. The van der Waals surface area contributed by atoms with Gasteiger partial charge in [0, 0.05) is 0 Å². The molecule has 0 aliphatic carbocycles. The Morgan fingerprint density at radius 3 is 2.30 bits per heavy atom. The summed E-state index contributed by atoms with van der Waals surface area (Å²) in [5, 5.41) is 0. The van der Waals surface area contributed by atoms with Crippen LogP contribution in [0.1, 0.15) is 41.0 Å². The summed E-state index contributed by atoms with van der Waals surface area (Å²) < 4.78 is 42.4. The summed E-state index contributed by atoms with van der Waals surface area (Å²) in [4.78, 5) is 0. The Morgan fingerprint density at radius 2 is 1.74 bits per heavy atom. The first-order valence-corrected chi connectivity index (χ1v) is 13.2. The highest BCUT2D eigenvalue weighted by Gasteiger charge is 2.59. The lowest BCUT2D eigenvalue weighted by atomic mass is 10.1. The van der Waals surface area contributed by atoms with Gasteiger partial charge in [-0.3, -0.25) is 0 Å². The maximum atomic E-state index is 6.34. The monoisotopic (exact) mass is 402 g/mol. The largest absolute Gasteiger partial charge is 0.520 e. The van der Waals surface area contributed by atoms with E-state index in [0.717, 1.165) is 6.42 Å². The van der Waals surface area contributed by atoms with Gasteiger partial charge in [-0.25, -0.2) is 0 Å². The van der Waals surface area contributed by atoms with Crippen LogP contribution in [0.25, 0.3) is 0 Å². The van der Waals surface area contributed by atoms with E-state index in [1.807, 2.05) is 33.8 Å². The van der Waals surface area contributed by atoms with Crippen molar-refractivity contribution in [2.75, 3.05) is 6.61 Å². The van der Waals surface area contributed by atoms with Gasteiger partial charge in [-0.2, -0.15) is 0 Å². The summed E-state index contributed by atoms with van der Waals surface area (Å²) in [5.41, 5.74) is 0. The highest BCUT2D eigenvalue weighted by atomic mass is 28.4. The van der Waals surface area contributed by atoms with Crippen LogP contribution in [0.5, 0.6) is 0 Å². The van der Waals surface area contributed by atoms with E-state index in [1.165, 1.54) is 0 Å². The minimum absolute atomic E-state index is 0.263. The third-order valence-electron chi connectivity index (χ3n) is 4.45. The van der Waals surface area contributed by atoms with Crippen molar-refractivity contribution < 1.29 is 32.8 Å². The van der Waals surface area contributed by atoms with E-state index in [9.17, 15) is 0 Å². The average Bonchev–Trinajstić information content (AvgIpc) is 3.08. The van der Waals surface area contributed by atoms with Gasteiger partial charge in [0.25, 0.3) is 5.95 Å². The van der Waals surface area contributed by atoms with Gasteiger partial charge in [-0.1, -0.05) is 6.92 Å². The number of allylic oxidation sites excluding steroid dienone is 1. The molecule has 3 saturated heterocycles. The summed E-state index contributed by atoms with van der Waals surface area (Å²) in [6.45, 7) is 16.4. The summed E-state index contributed by atoms with van der Waals surface area (Å²) in [6, 6.07) is 0. The fourth-order valence-corrected chi connectivity index (χ4v) is 4.27. The van der Waals surface area contributed by atoms with Crippen LogP contribution in [-0.4, -0.2) is 57.2 Å². The molecule has 3 fully saturated rings. The molecule has 0 bridgehead atoms. The van der Waals surface area contributed by atoms with Crippen LogP contribution in [0.15, 0.2) is 12.0 Å². The Hall–Kier alpha value is -0.643. The molecule has 0 spiro atoms. The topological polar surface area (TPSA) is 64.6 Å². The molecule has 0 aromatic rings. The van der Waals surface area contributed by atoms with Crippen LogP contribution in [0.4, 0.5) is 0 Å². The molecule has 0 N–H and O–H groups in total. The van der Waals surface area contributed by atoms with Gasteiger partial charge in [-0.15, -0.1) is 0 Å². The second-order valence-electron chi connectivity index (χ2n) is 9.16. The van der Waals surface area contributed by atoms with Crippen molar-refractivity contribution >= 4 is 8.32 Å². The lowest BCUT2D eigenvalue weighted by Crippen LogP contribution is -2.44. The molecule has 27 heavy (non-hydrogen) atoms. The molecule has 0 unspecified atom stereocenters. The standard InChI is InChI=1S/C19H34O7Si/c1-9-10-13(26-27(6,7)8)21-15-14(12-11-20-18(2,3)23-12)22-17-16(15)24-19(4,5)25-17/h10,12,14-17H,9,11H2,1-8H3/b13-10+/t12-,14+,15-,16-,17-/m1/s1. The lowest BCUT2D eigenvalue weighted by Gasteiger charge is -2.31. The first kappa shape index (κ1) is 21.1. The first-order chi connectivity index (χ1) is 12.4. The molecule has 7 nitrogen and oxygen atoms in total. The third kappa shape index (κ3) is 5.05. The predicted octanol–water partition coefficient (Wildman–Crippen LogP) is 3.50. The SMILES string of the molecule is CC/C=C(\O[C@@H]1[C@H]([C@H]2COC(C)(C)O2)O[C@@H]2OC(C)(C)O[C@@H]21)O[Si](C)(C)C. The zero-order valence-electron chi connectivity index (χ0n) is 17.7. The van der Waals surface area contributed by atoms with Crippen LogP contribution in [0.3, 0.4) is 0 Å². The molecule has 156 valence electrons. The van der Waals surface area contributed by atoms with Crippen molar-refractivity contribution in [1.29, 1.82) is 0 Å². The zero-order chi connectivity index (χ0) is 20.0. The molecule has 3 heterocycles. The minimum Gasteiger partial charge on any atom is -0.520 e. The van der Waals surface area contributed by atoms with Crippen molar-refractivity contribution in [2.45, 2.75) is 103 Å². The van der Waals surface area contributed by atoms with Crippen LogP contribution in [0.2, 0.25) is 19.6 Å². The van der Waals surface area contributed by atoms with Crippen LogP contribution >= 0.6 is 0 Å². The molecule has 3 aliphatic heterocycles. The normalized spacial score (nSPS) is 38.1. The molecule has 0 aromatic heterocycles. The molecule has 5 atom stereocenters.